The Kier molecular flexibility index (Phi) is 4.63. The molecule has 0 heterocycles. The zero-order chi connectivity index (χ0) is 12.8. The first-order chi connectivity index (χ1) is 8.02. The first-order valence-electron chi connectivity index (χ1n) is 5.27. The number of Topliss-reactive ketones (excluding diaryl/α,β-unsaturated/α-hetero) is 1. The van der Waals surface area contributed by atoms with Gasteiger partial charge in [-0.05, 0) is 6.92 Å². The minimum atomic E-state index is -0.762. The molecular weight excluding hydrogens is 224 g/mol. The van der Waals surface area contributed by atoms with E-state index < -0.39 is 18.0 Å². The summed E-state index contributed by atoms with van der Waals surface area (Å²) in [6.07, 6.45) is 1.77. The average Bonchev–Trinajstić information content (AvgIpc) is 2.55. The van der Waals surface area contributed by atoms with Gasteiger partial charge < -0.3 is 9.47 Å². The largest absolute Gasteiger partial charge is 0.463 e. The fourth-order valence-corrected chi connectivity index (χ4v) is 1.42. The van der Waals surface area contributed by atoms with Crippen LogP contribution in [0.3, 0.4) is 0 Å². The predicted molar refractivity (Wildman–Crippen MR) is 59.0 cm³/mol. The van der Waals surface area contributed by atoms with E-state index in [0.29, 0.717) is 6.42 Å². The van der Waals surface area contributed by atoms with Crippen LogP contribution in [0.15, 0.2) is 24.3 Å². The summed E-state index contributed by atoms with van der Waals surface area (Å²) < 4.78 is 9.46. The molecule has 0 spiro atoms. The van der Waals surface area contributed by atoms with Crippen LogP contribution in [0, 0.1) is 0 Å². The van der Waals surface area contributed by atoms with Crippen molar-refractivity contribution in [1.82, 2.24) is 0 Å². The summed E-state index contributed by atoms with van der Waals surface area (Å²) in [5, 5.41) is 0. The maximum Gasteiger partial charge on any atom is 0.331 e. The third-order valence-electron chi connectivity index (χ3n) is 2.16. The fourth-order valence-electron chi connectivity index (χ4n) is 1.42. The van der Waals surface area contributed by atoms with Crippen LogP contribution in [0.2, 0.25) is 0 Å². The van der Waals surface area contributed by atoms with E-state index in [4.69, 9.17) is 4.74 Å². The van der Waals surface area contributed by atoms with E-state index in [0.717, 1.165) is 17.7 Å². The maximum absolute atomic E-state index is 11.3. The molecule has 0 N–H and O–H groups in total. The van der Waals surface area contributed by atoms with Crippen molar-refractivity contribution in [3.8, 4) is 0 Å². The van der Waals surface area contributed by atoms with E-state index in [1.54, 1.807) is 6.92 Å². The van der Waals surface area contributed by atoms with Crippen molar-refractivity contribution < 1.29 is 23.9 Å². The summed E-state index contributed by atoms with van der Waals surface area (Å²) in [7, 11) is 0. The van der Waals surface area contributed by atoms with Gasteiger partial charge in [-0.25, -0.2) is 9.59 Å². The van der Waals surface area contributed by atoms with E-state index in [1.165, 1.54) is 0 Å². The Morgan fingerprint density at radius 1 is 1.41 bits per heavy atom. The molecule has 0 aromatic carbocycles. The van der Waals surface area contributed by atoms with Crippen LogP contribution in [0.5, 0.6) is 0 Å². The molecule has 1 aliphatic rings. The highest BCUT2D eigenvalue weighted by Gasteiger charge is 2.29. The van der Waals surface area contributed by atoms with Gasteiger partial charge in [-0.15, -0.1) is 0 Å². The smallest absolute Gasteiger partial charge is 0.331 e. The van der Waals surface area contributed by atoms with Crippen molar-refractivity contribution >= 4 is 17.7 Å². The molecular formula is C12H14O5. The number of ketones is 1. The quantitative estimate of drug-likeness (QED) is 0.414. The number of hydrogen-bond acceptors (Lipinski definition) is 5. The van der Waals surface area contributed by atoms with Crippen molar-refractivity contribution in [2.75, 3.05) is 6.61 Å². The molecule has 1 unspecified atom stereocenters. The highest BCUT2D eigenvalue weighted by molar-refractivity contribution is 5.95. The monoisotopic (exact) mass is 238 g/mol. The van der Waals surface area contributed by atoms with Crippen LogP contribution in [-0.4, -0.2) is 30.4 Å². The second kappa shape index (κ2) is 5.98. The molecule has 0 bridgehead atoms. The summed E-state index contributed by atoms with van der Waals surface area (Å²) in [5.74, 6) is -1.51. The molecule has 1 aliphatic carbocycles. The van der Waals surface area contributed by atoms with Gasteiger partial charge in [-0.3, -0.25) is 4.79 Å². The first kappa shape index (κ1) is 13.2. The molecule has 0 amide bonds. The van der Waals surface area contributed by atoms with E-state index in [2.05, 4.69) is 11.3 Å². The Bertz CT molecular complexity index is 380. The van der Waals surface area contributed by atoms with Gasteiger partial charge in [0.15, 0.2) is 11.9 Å². The topological polar surface area (TPSA) is 69.7 Å². The molecule has 1 saturated carbocycles. The van der Waals surface area contributed by atoms with Gasteiger partial charge in [0, 0.05) is 25.0 Å². The molecule has 0 aromatic heterocycles. The lowest BCUT2D eigenvalue weighted by Crippen LogP contribution is -2.20. The van der Waals surface area contributed by atoms with E-state index in [1.807, 2.05) is 0 Å². The van der Waals surface area contributed by atoms with E-state index in [9.17, 15) is 14.4 Å². The summed E-state index contributed by atoms with van der Waals surface area (Å²) in [6, 6.07) is 0. The van der Waals surface area contributed by atoms with Gasteiger partial charge in [-0.2, -0.15) is 0 Å². The molecule has 17 heavy (non-hydrogen) atoms. The minimum absolute atomic E-state index is 0.159. The lowest BCUT2D eigenvalue weighted by atomic mass is 10.3. The third kappa shape index (κ3) is 4.22. The number of carbonyl (C=O) groups is 3. The van der Waals surface area contributed by atoms with Gasteiger partial charge in [0.05, 0.1) is 6.61 Å². The summed E-state index contributed by atoms with van der Waals surface area (Å²) in [5.41, 5.74) is 0.752. The third-order valence-corrected chi connectivity index (χ3v) is 2.16. The van der Waals surface area contributed by atoms with E-state index >= 15 is 0 Å². The Morgan fingerprint density at radius 3 is 2.59 bits per heavy atom. The second-order valence-corrected chi connectivity index (χ2v) is 3.61. The zero-order valence-electron chi connectivity index (χ0n) is 9.60. The molecule has 92 valence electrons. The van der Waals surface area contributed by atoms with Gasteiger partial charge in [0.1, 0.15) is 0 Å². The summed E-state index contributed by atoms with van der Waals surface area (Å²) in [6.45, 7) is 5.55. The second-order valence-electron chi connectivity index (χ2n) is 3.61. The molecule has 5 heteroatoms. The summed E-state index contributed by atoms with van der Waals surface area (Å²) in [4.78, 5) is 33.5. The van der Waals surface area contributed by atoms with Gasteiger partial charge in [-0.1, -0.05) is 12.2 Å². The molecule has 5 nitrogen and oxygen atoms in total. The Labute approximate surface area is 99.1 Å². The highest BCUT2D eigenvalue weighted by atomic mass is 16.5. The SMILES string of the molecule is C=C1CC(=O)C(OC(=O)/C=C/C(=O)OCC)C1. The maximum atomic E-state index is 11.3. The van der Waals surface area contributed by atoms with Crippen LogP contribution in [0.1, 0.15) is 19.8 Å². The van der Waals surface area contributed by atoms with Crippen molar-refractivity contribution in [1.29, 1.82) is 0 Å². The van der Waals surface area contributed by atoms with Crippen LogP contribution >= 0.6 is 0 Å². The Morgan fingerprint density at radius 2 is 2.06 bits per heavy atom. The number of hydrogen-bond donors (Lipinski definition) is 0. The Hall–Kier alpha value is -1.91. The lowest BCUT2D eigenvalue weighted by molar-refractivity contribution is -0.148. The predicted octanol–water partition coefficient (Wildman–Crippen LogP) is 0.937. The molecule has 1 fully saturated rings. The standard InChI is InChI=1S/C12H14O5/c1-3-16-11(14)4-5-12(15)17-10-7-8(2)6-9(10)13/h4-5,10H,2-3,6-7H2,1H3/b5-4+. The highest BCUT2D eigenvalue weighted by Crippen LogP contribution is 2.22. The van der Waals surface area contributed by atoms with Crippen LogP contribution in [-0.2, 0) is 23.9 Å². The van der Waals surface area contributed by atoms with Crippen LogP contribution in [0.4, 0.5) is 0 Å². The fraction of sp³-hybridized carbons (Fsp3) is 0.417. The molecule has 0 aromatic rings. The number of carbonyl (C=O) groups excluding carboxylic acids is 3. The molecule has 0 aliphatic heterocycles. The number of rotatable bonds is 4. The summed E-state index contributed by atoms with van der Waals surface area (Å²) >= 11 is 0. The lowest BCUT2D eigenvalue weighted by Gasteiger charge is -2.07. The van der Waals surface area contributed by atoms with Crippen molar-refractivity contribution in [3.05, 3.63) is 24.3 Å². The number of ether oxygens (including phenoxy) is 2. The van der Waals surface area contributed by atoms with Crippen molar-refractivity contribution in [2.24, 2.45) is 0 Å². The normalized spacial score (nSPS) is 19.7. The molecule has 0 saturated heterocycles. The molecule has 1 rings (SSSR count). The average molecular weight is 238 g/mol. The Balaban J connectivity index is 2.42. The number of esters is 2. The van der Waals surface area contributed by atoms with Gasteiger partial charge in [0.2, 0.25) is 0 Å². The van der Waals surface area contributed by atoms with Gasteiger partial charge in [0.25, 0.3) is 0 Å². The minimum Gasteiger partial charge on any atom is -0.463 e. The zero-order valence-corrected chi connectivity index (χ0v) is 9.60. The molecule has 1 atom stereocenters. The molecule has 0 radical (unpaired) electrons. The van der Waals surface area contributed by atoms with E-state index in [-0.39, 0.29) is 18.8 Å². The first-order valence-corrected chi connectivity index (χ1v) is 5.27. The van der Waals surface area contributed by atoms with Crippen LogP contribution < -0.4 is 0 Å². The van der Waals surface area contributed by atoms with Crippen molar-refractivity contribution in [2.45, 2.75) is 25.9 Å². The van der Waals surface area contributed by atoms with Crippen LogP contribution in [0.25, 0.3) is 0 Å². The van der Waals surface area contributed by atoms with Crippen molar-refractivity contribution in [3.63, 3.8) is 0 Å². The van der Waals surface area contributed by atoms with Gasteiger partial charge >= 0.3 is 11.9 Å².